The first-order valence-electron chi connectivity index (χ1n) is 19.0. The van der Waals surface area contributed by atoms with E-state index in [1.54, 1.807) is 0 Å². The van der Waals surface area contributed by atoms with Gasteiger partial charge in [-0.05, 0) is 109 Å². The fourth-order valence-electron chi connectivity index (χ4n) is 9.75. The van der Waals surface area contributed by atoms with E-state index in [-0.39, 0.29) is 0 Å². The van der Waals surface area contributed by atoms with E-state index in [4.69, 9.17) is 0 Å². The summed E-state index contributed by atoms with van der Waals surface area (Å²) >= 11 is 1.87. The fraction of sp³-hybridized carbons (Fsp3) is 0.0385. The second-order valence-electron chi connectivity index (χ2n) is 14.9. The number of hydrogen-bond donors (Lipinski definition) is 1. The molecule has 55 heavy (non-hydrogen) atoms. The topological polar surface area (TPSA) is 15.3 Å². The monoisotopic (exact) mass is 718 g/mol. The van der Waals surface area contributed by atoms with Crippen molar-refractivity contribution in [2.45, 2.75) is 5.41 Å². The molecule has 0 unspecified atom stereocenters. The van der Waals surface area contributed by atoms with Gasteiger partial charge in [-0.2, -0.15) is 0 Å². The van der Waals surface area contributed by atoms with Crippen LogP contribution in [0.1, 0.15) is 27.1 Å². The lowest BCUT2D eigenvalue weighted by atomic mass is 9.70. The molecule has 1 aliphatic heterocycles. The van der Waals surface area contributed by atoms with Gasteiger partial charge < -0.3 is 10.2 Å². The predicted octanol–water partition coefficient (Wildman–Crippen LogP) is 13.7. The van der Waals surface area contributed by atoms with E-state index in [1.807, 2.05) is 11.3 Å². The molecule has 1 N–H and O–H groups in total. The van der Waals surface area contributed by atoms with Gasteiger partial charge in [-0.15, -0.1) is 11.3 Å². The van der Waals surface area contributed by atoms with Gasteiger partial charge in [0.25, 0.3) is 0 Å². The van der Waals surface area contributed by atoms with E-state index in [9.17, 15) is 0 Å². The second-order valence-corrected chi connectivity index (χ2v) is 16.0. The molecule has 0 saturated carbocycles. The normalized spacial score (nSPS) is 14.1. The minimum absolute atomic E-state index is 0.405. The zero-order valence-corrected chi connectivity index (χ0v) is 30.8. The Bertz CT molecular complexity index is 2980. The summed E-state index contributed by atoms with van der Waals surface area (Å²) in [5.74, 6) is 0. The molecule has 3 aliphatic rings. The van der Waals surface area contributed by atoms with Gasteiger partial charge in [0.05, 0.1) is 22.5 Å². The highest BCUT2D eigenvalue weighted by atomic mass is 32.1. The van der Waals surface area contributed by atoms with E-state index in [0.29, 0.717) is 6.54 Å². The third-order valence-electron chi connectivity index (χ3n) is 12.1. The Balaban J connectivity index is 1.08. The number of fused-ring (bicyclic) bond motifs is 14. The van der Waals surface area contributed by atoms with Gasteiger partial charge in [-0.1, -0.05) is 146 Å². The number of thiophene rings is 1. The Kier molecular flexibility index (Phi) is 6.52. The quantitative estimate of drug-likeness (QED) is 0.195. The van der Waals surface area contributed by atoms with Gasteiger partial charge in [0.1, 0.15) is 0 Å². The second kappa shape index (κ2) is 11.7. The van der Waals surface area contributed by atoms with Crippen LogP contribution in [0.15, 0.2) is 188 Å². The Hall–Kier alpha value is -6.68. The molecule has 3 heteroatoms. The molecule has 0 radical (unpaired) electrons. The van der Waals surface area contributed by atoms with Gasteiger partial charge in [-0.3, -0.25) is 0 Å². The molecule has 258 valence electrons. The van der Waals surface area contributed by atoms with E-state index in [2.05, 4.69) is 198 Å². The third kappa shape index (κ3) is 4.36. The standard InChI is InChI=1S/C52H34N2S/c1-2-12-33(13-3-1)34-22-24-37(25-23-34)54(39-31-50-51(53-32-39)44-28-35-14-4-5-15-36(35)29-49(44)55-50)38-26-27-43-42-18-8-11-21-47(42)52(48(43)30-38)45-19-9-6-16-40(45)41-17-7-10-20-46(41)52/h1-31,53H,32H2. The first-order valence-corrected chi connectivity index (χ1v) is 19.9. The van der Waals surface area contributed by atoms with E-state index in [0.717, 1.165) is 11.4 Å². The average molecular weight is 719 g/mol. The van der Waals surface area contributed by atoms with Crippen molar-refractivity contribution in [2.24, 2.45) is 0 Å². The minimum Gasteiger partial charge on any atom is -0.378 e. The van der Waals surface area contributed by atoms with Crippen molar-refractivity contribution in [1.82, 2.24) is 0 Å². The van der Waals surface area contributed by atoms with Gasteiger partial charge in [0.15, 0.2) is 0 Å². The lowest BCUT2D eigenvalue weighted by Crippen LogP contribution is -2.27. The van der Waals surface area contributed by atoms with Crippen molar-refractivity contribution in [1.29, 1.82) is 0 Å². The molecular formula is C52H34N2S. The van der Waals surface area contributed by atoms with Crippen LogP contribution in [-0.2, 0) is 5.41 Å². The highest BCUT2D eigenvalue weighted by molar-refractivity contribution is 7.20. The fourth-order valence-corrected chi connectivity index (χ4v) is 10.9. The van der Waals surface area contributed by atoms with Gasteiger partial charge in [0, 0.05) is 27.2 Å². The lowest BCUT2D eigenvalue weighted by Gasteiger charge is -2.33. The van der Waals surface area contributed by atoms with Crippen LogP contribution in [0, 0.1) is 0 Å². The Labute approximate surface area is 324 Å². The minimum atomic E-state index is -0.405. The average Bonchev–Trinajstić information content (AvgIpc) is 3.86. The van der Waals surface area contributed by atoms with Crippen molar-refractivity contribution in [3.8, 4) is 33.4 Å². The Morgan fingerprint density at radius 1 is 0.473 bits per heavy atom. The van der Waals surface area contributed by atoms with Crippen LogP contribution in [0.3, 0.4) is 0 Å². The number of rotatable bonds is 4. The summed E-state index contributed by atoms with van der Waals surface area (Å²) in [6.07, 6.45) is 2.42. The zero-order chi connectivity index (χ0) is 36.1. The number of benzene rings is 8. The third-order valence-corrected chi connectivity index (χ3v) is 13.2. The molecule has 0 atom stereocenters. The first-order chi connectivity index (χ1) is 27.3. The maximum atomic E-state index is 3.90. The Morgan fingerprint density at radius 3 is 1.69 bits per heavy atom. The molecule has 1 spiro atoms. The lowest BCUT2D eigenvalue weighted by molar-refractivity contribution is 0.793. The molecular weight excluding hydrogens is 685 g/mol. The van der Waals surface area contributed by atoms with Gasteiger partial charge in [-0.25, -0.2) is 0 Å². The smallest absolute Gasteiger partial charge is 0.0726 e. The zero-order valence-electron chi connectivity index (χ0n) is 30.0. The molecule has 8 aromatic carbocycles. The molecule has 2 heterocycles. The number of hydrogen-bond acceptors (Lipinski definition) is 3. The molecule has 2 nitrogen and oxygen atoms in total. The predicted molar refractivity (Wildman–Crippen MR) is 233 cm³/mol. The number of anilines is 3. The molecule has 0 fully saturated rings. The van der Waals surface area contributed by atoms with Crippen LogP contribution >= 0.6 is 11.3 Å². The number of nitrogens with one attached hydrogen (secondary N) is 1. The van der Waals surface area contributed by atoms with E-state index in [1.165, 1.54) is 92.8 Å². The van der Waals surface area contributed by atoms with Crippen molar-refractivity contribution < 1.29 is 0 Å². The summed E-state index contributed by atoms with van der Waals surface area (Å²) in [6, 6.07) is 67.5. The van der Waals surface area contributed by atoms with Crippen molar-refractivity contribution >= 4 is 55.3 Å². The van der Waals surface area contributed by atoms with E-state index >= 15 is 0 Å². The molecule has 2 aliphatic carbocycles. The summed E-state index contributed by atoms with van der Waals surface area (Å²) in [5.41, 5.74) is 17.5. The maximum Gasteiger partial charge on any atom is 0.0726 e. The summed E-state index contributed by atoms with van der Waals surface area (Å²) in [6.45, 7) is 0.709. The van der Waals surface area contributed by atoms with Crippen LogP contribution in [0.5, 0.6) is 0 Å². The maximum absolute atomic E-state index is 3.90. The highest BCUT2D eigenvalue weighted by Gasteiger charge is 2.51. The highest BCUT2D eigenvalue weighted by Crippen LogP contribution is 2.63. The summed E-state index contributed by atoms with van der Waals surface area (Å²) in [4.78, 5) is 3.75. The molecule has 12 rings (SSSR count). The number of nitrogens with zero attached hydrogens (tertiary/aromatic N) is 1. The molecule has 0 saturated heterocycles. The van der Waals surface area contributed by atoms with Gasteiger partial charge in [0.2, 0.25) is 0 Å². The molecule has 0 amide bonds. The molecule has 0 bridgehead atoms. The summed E-state index contributed by atoms with van der Waals surface area (Å²) < 4.78 is 1.31. The molecule has 1 aromatic heterocycles. The van der Waals surface area contributed by atoms with Crippen molar-refractivity contribution in [3.63, 3.8) is 0 Å². The van der Waals surface area contributed by atoms with Crippen molar-refractivity contribution in [2.75, 3.05) is 16.8 Å². The van der Waals surface area contributed by atoms with Crippen LogP contribution in [0.2, 0.25) is 0 Å². The largest absolute Gasteiger partial charge is 0.378 e. The molecule has 9 aromatic rings. The van der Waals surface area contributed by atoms with Crippen molar-refractivity contribution in [3.05, 3.63) is 215 Å². The summed E-state index contributed by atoms with van der Waals surface area (Å²) in [5, 5.41) is 7.75. The van der Waals surface area contributed by atoms with Crippen LogP contribution < -0.4 is 10.2 Å². The first kappa shape index (κ1) is 30.7. The van der Waals surface area contributed by atoms with Gasteiger partial charge >= 0.3 is 0 Å². The summed E-state index contributed by atoms with van der Waals surface area (Å²) in [7, 11) is 0. The SMILES string of the molecule is C1=C(N(c2ccc(-c3ccccc3)cc2)c2ccc3c(c2)C2(c4ccccc4-c4ccccc42)c2ccccc2-3)CNc2c1sc1cc3ccccc3cc21. The van der Waals surface area contributed by atoms with Crippen LogP contribution in [-0.4, -0.2) is 6.54 Å². The van der Waals surface area contributed by atoms with Crippen LogP contribution in [0.25, 0.3) is 60.3 Å². The van der Waals surface area contributed by atoms with E-state index < -0.39 is 5.41 Å². The van der Waals surface area contributed by atoms with Crippen LogP contribution in [0.4, 0.5) is 17.1 Å². The Morgan fingerprint density at radius 2 is 1.02 bits per heavy atom.